The van der Waals surface area contributed by atoms with Crippen LogP contribution in [0.1, 0.15) is 39.5 Å². The second-order valence-corrected chi connectivity index (χ2v) is 6.78. The zero-order valence-corrected chi connectivity index (χ0v) is 14.9. The van der Waals surface area contributed by atoms with Crippen LogP contribution in [0.25, 0.3) is 0 Å². The number of likely N-dealkylation sites (tertiary alicyclic amines) is 2. The Hall–Kier alpha value is -2.12. The topological polar surface area (TPSA) is 98.2 Å². The van der Waals surface area contributed by atoms with Crippen LogP contribution in [0, 0.1) is 5.92 Å². The lowest BCUT2D eigenvalue weighted by molar-refractivity contribution is -0.145. The van der Waals surface area contributed by atoms with Crippen molar-refractivity contribution in [3.8, 4) is 0 Å². The third-order valence-electron chi connectivity index (χ3n) is 5.11. The molecule has 2 saturated heterocycles. The average molecular weight is 353 g/mol. The Kier molecular flexibility index (Phi) is 6.39. The highest BCUT2D eigenvalue weighted by atomic mass is 16.4. The van der Waals surface area contributed by atoms with Crippen molar-refractivity contribution in [3.05, 3.63) is 0 Å². The van der Waals surface area contributed by atoms with Gasteiger partial charge >= 0.3 is 5.97 Å². The Labute approximate surface area is 147 Å². The minimum atomic E-state index is -1.03. The number of hydrogen-bond acceptors (Lipinski definition) is 4. The summed E-state index contributed by atoms with van der Waals surface area (Å²) in [5, 5.41) is 9.00. The van der Waals surface area contributed by atoms with Crippen molar-refractivity contribution < 1.29 is 24.3 Å². The molecule has 2 aliphatic heterocycles. The molecule has 2 fully saturated rings. The Morgan fingerprint density at radius 3 is 2.52 bits per heavy atom. The van der Waals surface area contributed by atoms with E-state index in [1.54, 1.807) is 9.80 Å². The van der Waals surface area contributed by atoms with Gasteiger partial charge in [-0.05, 0) is 26.2 Å². The molecule has 0 aromatic rings. The van der Waals surface area contributed by atoms with Gasteiger partial charge in [-0.3, -0.25) is 19.2 Å². The van der Waals surface area contributed by atoms with E-state index in [1.807, 2.05) is 6.92 Å². The van der Waals surface area contributed by atoms with Crippen molar-refractivity contribution in [2.24, 2.45) is 5.92 Å². The third-order valence-corrected chi connectivity index (χ3v) is 5.11. The molecule has 0 saturated carbocycles. The first kappa shape index (κ1) is 19.2. The number of aliphatic carboxylic acids is 1. The molecule has 0 aliphatic carbocycles. The fourth-order valence-electron chi connectivity index (χ4n) is 3.76. The predicted octanol–water partition coefficient (Wildman–Crippen LogP) is 0.169. The Bertz CT molecular complexity index is 550. The molecule has 0 aromatic carbocycles. The van der Waals surface area contributed by atoms with Gasteiger partial charge in [0.25, 0.3) is 0 Å². The maximum Gasteiger partial charge on any atom is 0.323 e. The summed E-state index contributed by atoms with van der Waals surface area (Å²) in [6, 6.07) is -0.163. The van der Waals surface area contributed by atoms with Crippen LogP contribution in [0.2, 0.25) is 0 Å². The van der Waals surface area contributed by atoms with E-state index in [0.717, 1.165) is 6.42 Å². The average Bonchev–Trinajstić information content (AvgIpc) is 2.78. The molecule has 2 aliphatic rings. The Morgan fingerprint density at radius 2 is 1.96 bits per heavy atom. The first-order valence-electron chi connectivity index (χ1n) is 8.89. The minimum absolute atomic E-state index is 0.00226. The molecule has 8 heteroatoms. The standard InChI is InChI=1S/C17H27N3O5/c1-3-18-10-13(9-15(18)22)17(25)19-7-4-5-14(6-8-19)20(12(2)21)11-16(23)24/h13-14H,3-11H2,1-2H3,(H,23,24). The summed E-state index contributed by atoms with van der Waals surface area (Å²) in [5.41, 5.74) is 0. The Morgan fingerprint density at radius 1 is 1.24 bits per heavy atom. The lowest BCUT2D eigenvalue weighted by Crippen LogP contribution is -2.43. The fourth-order valence-corrected chi connectivity index (χ4v) is 3.76. The van der Waals surface area contributed by atoms with E-state index in [4.69, 9.17) is 5.11 Å². The second kappa shape index (κ2) is 8.31. The monoisotopic (exact) mass is 353 g/mol. The predicted molar refractivity (Wildman–Crippen MR) is 89.6 cm³/mol. The van der Waals surface area contributed by atoms with Crippen LogP contribution in [0.4, 0.5) is 0 Å². The number of carbonyl (C=O) groups excluding carboxylic acids is 3. The normalized spacial score (nSPS) is 24.2. The van der Waals surface area contributed by atoms with Crippen LogP contribution < -0.4 is 0 Å². The van der Waals surface area contributed by atoms with E-state index >= 15 is 0 Å². The number of amides is 3. The lowest BCUT2D eigenvalue weighted by atomic mass is 10.1. The van der Waals surface area contributed by atoms with E-state index in [0.29, 0.717) is 39.0 Å². The van der Waals surface area contributed by atoms with Gasteiger partial charge in [-0.2, -0.15) is 0 Å². The molecule has 0 spiro atoms. The fraction of sp³-hybridized carbons (Fsp3) is 0.765. The molecule has 2 atom stereocenters. The van der Waals surface area contributed by atoms with E-state index in [-0.39, 0.29) is 42.6 Å². The summed E-state index contributed by atoms with van der Waals surface area (Å²) in [6.45, 7) is 5.14. The zero-order chi connectivity index (χ0) is 18.6. The molecule has 0 radical (unpaired) electrons. The number of carbonyl (C=O) groups is 4. The largest absolute Gasteiger partial charge is 0.480 e. The smallest absolute Gasteiger partial charge is 0.323 e. The number of rotatable bonds is 5. The van der Waals surface area contributed by atoms with Gasteiger partial charge in [0, 0.05) is 45.6 Å². The summed E-state index contributed by atoms with van der Waals surface area (Å²) in [4.78, 5) is 52.2. The third kappa shape index (κ3) is 4.70. The highest BCUT2D eigenvalue weighted by Gasteiger charge is 2.36. The van der Waals surface area contributed by atoms with E-state index in [2.05, 4.69) is 0 Å². The molecule has 8 nitrogen and oxygen atoms in total. The molecule has 0 aromatic heterocycles. The second-order valence-electron chi connectivity index (χ2n) is 6.78. The van der Waals surface area contributed by atoms with Gasteiger partial charge in [0.15, 0.2) is 0 Å². The van der Waals surface area contributed by atoms with E-state index in [1.165, 1.54) is 11.8 Å². The Balaban J connectivity index is 1.96. The van der Waals surface area contributed by atoms with Crippen molar-refractivity contribution in [1.82, 2.24) is 14.7 Å². The van der Waals surface area contributed by atoms with Crippen LogP contribution in [-0.4, -0.2) is 82.3 Å². The van der Waals surface area contributed by atoms with Crippen LogP contribution in [0.5, 0.6) is 0 Å². The highest BCUT2D eigenvalue weighted by Crippen LogP contribution is 2.23. The van der Waals surface area contributed by atoms with Crippen molar-refractivity contribution in [2.75, 3.05) is 32.7 Å². The lowest BCUT2D eigenvalue weighted by Gasteiger charge is -2.29. The summed E-state index contributed by atoms with van der Waals surface area (Å²) in [5.74, 6) is -1.55. The summed E-state index contributed by atoms with van der Waals surface area (Å²) < 4.78 is 0. The summed E-state index contributed by atoms with van der Waals surface area (Å²) in [7, 11) is 0. The number of carboxylic acid groups (broad SMARTS) is 1. The maximum absolute atomic E-state index is 12.7. The van der Waals surface area contributed by atoms with E-state index in [9.17, 15) is 19.2 Å². The molecule has 0 bridgehead atoms. The molecule has 2 heterocycles. The number of carboxylic acids is 1. The zero-order valence-electron chi connectivity index (χ0n) is 14.9. The van der Waals surface area contributed by atoms with Crippen molar-refractivity contribution in [1.29, 1.82) is 0 Å². The van der Waals surface area contributed by atoms with Crippen molar-refractivity contribution >= 4 is 23.7 Å². The van der Waals surface area contributed by atoms with Crippen LogP contribution in [-0.2, 0) is 19.2 Å². The van der Waals surface area contributed by atoms with Gasteiger partial charge in [-0.25, -0.2) is 0 Å². The molecule has 25 heavy (non-hydrogen) atoms. The maximum atomic E-state index is 12.7. The summed E-state index contributed by atoms with van der Waals surface area (Å²) in [6.07, 6.45) is 2.24. The van der Waals surface area contributed by atoms with Crippen LogP contribution in [0.15, 0.2) is 0 Å². The van der Waals surface area contributed by atoms with Crippen LogP contribution >= 0.6 is 0 Å². The van der Waals surface area contributed by atoms with Crippen molar-refractivity contribution in [2.45, 2.75) is 45.6 Å². The molecular formula is C17H27N3O5. The molecule has 3 amide bonds. The van der Waals surface area contributed by atoms with Crippen LogP contribution in [0.3, 0.4) is 0 Å². The summed E-state index contributed by atoms with van der Waals surface area (Å²) >= 11 is 0. The quantitative estimate of drug-likeness (QED) is 0.760. The SMILES string of the molecule is CCN1CC(C(=O)N2CCCC(N(CC(=O)O)C(C)=O)CC2)CC1=O. The van der Waals surface area contributed by atoms with Gasteiger partial charge in [0.05, 0.1) is 5.92 Å². The van der Waals surface area contributed by atoms with Gasteiger partial charge in [-0.1, -0.05) is 0 Å². The number of hydrogen-bond donors (Lipinski definition) is 1. The molecule has 2 unspecified atom stereocenters. The van der Waals surface area contributed by atoms with E-state index < -0.39 is 5.97 Å². The molecule has 140 valence electrons. The van der Waals surface area contributed by atoms with Gasteiger partial charge in [0.1, 0.15) is 6.54 Å². The first-order valence-corrected chi connectivity index (χ1v) is 8.89. The molecule has 2 rings (SSSR count). The molecule has 1 N–H and O–H groups in total. The van der Waals surface area contributed by atoms with Gasteiger partial charge in [-0.15, -0.1) is 0 Å². The van der Waals surface area contributed by atoms with Gasteiger partial charge in [0.2, 0.25) is 17.7 Å². The highest BCUT2D eigenvalue weighted by molar-refractivity contribution is 5.89. The molecular weight excluding hydrogens is 326 g/mol. The van der Waals surface area contributed by atoms with Gasteiger partial charge < -0.3 is 19.8 Å². The number of nitrogens with zero attached hydrogens (tertiary/aromatic N) is 3. The minimum Gasteiger partial charge on any atom is -0.480 e. The first-order chi connectivity index (χ1) is 11.8. The van der Waals surface area contributed by atoms with Crippen molar-refractivity contribution in [3.63, 3.8) is 0 Å².